The fourth-order valence-electron chi connectivity index (χ4n) is 6.02. The number of sulfonamides is 1. The van der Waals surface area contributed by atoms with Gasteiger partial charge in [-0.1, -0.05) is 29.3 Å². The Kier molecular flexibility index (Phi) is 5.60. The monoisotopic (exact) mass is 487 g/mol. The number of nitrogens with two attached hydrogens (primary N) is 1. The molecular formula is C21H27Cl2N3O4S. The molecule has 5 rings (SSSR count). The zero-order chi connectivity index (χ0) is 22.8. The van der Waals surface area contributed by atoms with Crippen molar-refractivity contribution in [2.24, 2.45) is 28.9 Å². The minimum absolute atomic E-state index is 0.0879. The average Bonchev–Trinajstić information content (AvgIpc) is 2.65. The molecular weight excluding hydrogens is 461 g/mol. The number of rotatable bonds is 6. The smallest absolute Gasteiger partial charge is 0.243 e. The number of hydrogen-bond acceptors (Lipinski definition) is 4. The Morgan fingerprint density at radius 3 is 2.32 bits per heavy atom. The van der Waals surface area contributed by atoms with Gasteiger partial charge in [0.25, 0.3) is 0 Å². The molecule has 1 aromatic rings. The standard InChI is InChI=1S/C21H27Cl2N3O4S/c1-20(2,26-31(29,30)15-5-3-4-14(22)16(15)23)19(28)25-17-12-6-11-7-13(17)10-21(8-11,9-12)18(24)27/h3-5,11-13,17,26H,6-10H2,1-2H3,(H2,24,27)(H,25,28). The van der Waals surface area contributed by atoms with Crippen molar-refractivity contribution >= 4 is 45.0 Å². The molecule has 31 heavy (non-hydrogen) atoms. The van der Waals surface area contributed by atoms with Crippen molar-refractivity contribution in [1.82, 2.24) is 10.0 Å². The number of primary amides is 1. The molecule has 0 spiro atoms. The average molecular weight is 488 g/mol. The van der Waals surface area contributed by atoms with Gasteiger partial charge in [-0.2, -0.15) is 4.72 Å². The first-order chi connectivity index (χ1) is 14.3. The van der Waals surface area contributed by atoms with Crippen LogP contribution in [-0.2, 0) is 19.6 Å². The van der Waals surface area contributed by atoms with E-state index in [1.807, 2.05) is 0 Å². The molecule has 10 heteroatoms. The predicted octanol–water partition coefficient (Wildman–Crippen LogP) is 2.85. The maximum absolute atomic E-state index is 13.1. The third-order valence-electron chi connectivity index (χ3n) is 7.26. The summed E-state index contributed by atoms with van der Waals surface area (Å²) >= 11 is 12.0. The third-order valence-corrected chi connectivity index (χ3v) is 9.89. The molecule has 0 aromatic heterocycles. The first kappa shape index (κ1) is 22.8. The SMILES string of the molecule is CC(C)(NS(=O)(=O)c1cccc(Cl)c1Cl)C(=O)NC1C2CC3CC1CC(C(N)=O)(C3)C2. The summed E-state index contributed by atoms with van der Waals surface area (Å²) in [5.41, 5.74) is 3.87. The van der Waals surface area contributed by atoms with Crippen LogP contribution >= 0.6 is 23.2 Å². The fourth-order valence-corrected chi connectivity index (χ4v) is 8.16. The van der Waals surface area contributed by atoms with E-state index in [1.165, 1.54) is 32.0 Å². The van der Waals surface area contributed by atoms with Crippen molar-refractivity contribution in [3.05, 3.63) is 28.2 Å². The van der Waals surface area contributed by atoms with Crippen LogP contribution < -0.4 is 15.8 Å². The van der Waals surface area contributed by atoms with Crippen molar-refractivity contribution < 1.29 is 18.0 Å². The molecule has 2 amide bonds. The van der Waals surface area contributed by atoms with Gasteiger partial charge in [0.2, 0.25) is 21.8 Å². The Morgan fingerprint density at radius 2 is 1.74 bits per heavy atom. The Morgan fingerprint density at radius 1 is 1.13 bits per heavy atom. The zero-order valence-corrected chi connectivity index (χ0v) is 19.8. The molecule has 4 bridgehead atoms. The molecule has 1 aromatic carbocycles. The van der Waals surface area contributed by atoms with Crippen LogP contribution in [0.1, 0.15) is 46.0 Å². The maximum atomic E-state index is 13.1. The molecule has 170 valence electrons. The lowest BCUT2D eigenvalue weighted by molar-refractivity contribution is -0.148. The van der Waals surface area contributed by atoms with Crippen LogP contribution in [-0.4, -0.2) is 31.8 Å². The van der Waals surface area contributed by atoms with Gasteiger partial charge in [0.05, 0.1) is 10.0 Å². The summed E-state index contributed by atoms with van der Waals surface area (Å²) in [4.78, 5) is 25.1. The molecule has 4 aliphatic rings. The molecule has 0 heterocycles. The van der Waals surface area contributed by atoms with Gasteiger partial charge in [-0.15, -0.1) is 0 Å². The summed E-state index contributed by atoms with van der Waals surface area (Å²) in [5, 5.41) is 3.10. The van der Waals surface area contributed by atoms with Gasteiger partial charge in [-0.3, -0.25) is 9.59 Å². The molecule has 4 saturated carbocycles. The van der Waals surface area contributed by atoms with E-state index in [1.54, 1.807) is 0 Å². The van der Waals surface area contributed by atoms with Gasteiger partial charge in [0.15, 0.2) is 0 Å². The lowest BCUT2D eigenvalue weighted by atomic mass is 9.47. The second kappa shape index (κ2) is 7.61. The Balaban J connectivity index is 1.50. The van der Waals surface area contributed by atoms with Crippen LogP contribution in [0.25, 0.3) is 0 Å². The number of carbonyl (C=O) groups is 2. The van der Waals surface area contributed by atoms with E-state index in [0.717, 1.165) is 19.3 Å². The van der Waals surface area contributed by atoms with E-state index in [9.17, 15) is 18.0 Å². The van der Waals surface area contributed by atoms with Gasteiger partial charge in [0.1, 0.15) is 10.4 Å². The first-order valence-electron chi connectivity index (χ1n) is 10.4. The van der Waals surface area contributed by atoms with Crippen molar-refractivity contribution in [1.29, 1.82) is 0 Å². The van der Waals surface area contributed by atoms with E-state index in [0.29, 0.717) is 18.8 Å². The van der Waals surface area contributed by atoms with E-state index < -0.39 is 26.9 Å². The van der Waals surface area contributed by atoms with Crippen LogP contribution in [0.15, 0.2) is 23.1 Å². The normalized spacial score (nSPS) is 32.1. The largest absolute Gasteiger partial charge is 0.369 e. The summed E-state index contributed by atoms with van der Waals surface area (Å²) in [6.07, 6.45) is 4.14. The lowest BCUT2D eigenvalue weighted by Gasteiger charge is -2.59. The number of halogens is 2. The second-order valence-corrected chi connectivity index (χ2v) is 12.3. The van der Waals surface area contributed by atoms with Crippen LogP contribution in [0.2, 0.25) is 10.0 Å². The van der Waals surface area contributed by atoms with Gasteiger partial charge >= 0.3 is 0 Å². The number of carbonyl (C=O) groups excluding carboxylic acids is 2. The van der Waals surface area contributed by atoms with Gasteiger partial charge in [-0.25, -0.2) is 8.42 Å². The van der Waals surface area contributed by atoms with Crippen molar-refractivity contribution in [2.75, 3.05) is 0 Å². The summed E-state index contributed by atoms with van der Waals surface area (Å²) in [7, 11) is -4.09. The zero-order valence-electron chi connectivity index (χ0n) is 17.5. The third kappa shape index (κ3) is 3.96. The van der Waals surface area contributed by atoms with Gasteiger partial charge in [0, 0.05) is 11.5 Å². The summed E-state index contributed by atoms with van der Waals surface area (Å²) in [6.45, 7) is 3.03. The van der Waals surface area contributed by atoms with Crippen LogP contribution in [0.5, 0.6) is 0 Å². The topological polar surface area (TPSA) is 118 Å². The molecule has 4 N–H and O–H groups in total. The molecule has 7 nitrogen and oxygen atoms in total. The van der Waals surface area contributed by atoms with Crippen molar-refractivity contribution in [2.45, 2.75) is 62.4 Å². The molecule has 0 saturated heterocycles. The fraction of sp³-hybridized carbons (Fsp3) is 0.619. The molecule has 0 radical (unpaired) electrons. The minimum atomic E-state index is -4.09. The highest BCUT2D eigenvalue weighted by molar-refractivity contribution is 7.89. The van der Waals surface area contributed by atoms with Gasteiger partial charge < -0.3 is 11.1 Å². The first-order valence-corrected chi connectivity index (χ1v) is 12.7. The van der Waals surface area contributed by atoms with Crippen LogP contribution in [0.3, 0.4) is 0 Å². The minimum Gasteiger partial charge on any atom is -0.369 e. The Hall–Kier alpha value is -1.35. The maximum Gasteiger partial charge on any atom is 0.243 e. The number of nitrogens with one attached hydrogen (secondary N) is 2. The number of amides is 2. The van der Waals surface area contributed by atoms with Crippen LogP contribution in [0.4, 0.5) is 0 Å². The van der Waals surface area contributed by atoms with Crippen molar-refractivity contribution in [3.63, 3.8) is 0 Å². The quantitative estimate of drug-likeness (QED) is 0.571. The second-order valence-electron chi connectivity index (χ2n) is 9.90. The molecule has 0 aliphatic heterocycles. The Bertz CT molecular complexity index is 1030. The van der Waals surface area contributed by atoms with Gasteiger partial charge in [-0.05, 0) is 75.8 Å². The lowest BCUT2D eigenvalue weighted by Crippen LogP contribution is -2.65. The highest BCUT2D eigenvalue weighted by atomic mass is 35.5. The van der Waals surface area contributed by atoms with E-state index in [-0.39, 0.29) is 38.7 Å². The van der Waals surface area contributed by atoms with Crippen LogP contribution in [0, 0.1) is 23.2 Å². The molecule has 4 aliphatic carbocycles. The van der Waals surface area contributed by atoms with E-state index >= 15 is 0 Å². The van der Waals surface area contributed by atoms with E-state index in [2.05, 4.69) is 10.0 Å². The Labute approximate surface area is 192 Å². The summed E-state index contributed by atoms with van der Waals surface area (Å²) < 4.78 is 28.2. The van der Waals surface area contributed by atoms with E-state index in [4.69, 9.17) is 28.9 Å². The number of benzene rings is 1. The molecule has 4 fully saturated rings. The predicted molar refractivity (Wildman–Crippen MR) is 118 cm³/mol. The summed E-state index contributed by atoms with van der Waals surface area (Å²) in [5.74, 6) is 0.174. The number of hydrogen-bond donors (Lipinski definition) is 3. The molecule has 2 unspecified atom stereocenters. The summed E-state index contributed by atoms with van der Waals surface area (Å²) in [6, 6.07) is 4.23. The van der Waals surface area contributed by atoms with Crippen molar-refractivity contribution in [3.8, 4) is 0 Å². The highest BCUT2D eigenvalue weighted by Crippen LogP contribution is 2.59. The molecule has 2 atom stereocenters. The highest BCUT2D eigenvalue weighted by Gasteiger charge is 2.58.